The first-order chi connectivity index (χ1) is 9.08. The second-order valence-electron chi connectivity index (χ2n) is 4.38. The van der Waals surface area contributed by atoms with E-state index in [9.17, 15) is 4.39 Å². The summed E-state index contributed by atoms with van der Waals surface area (Å²) in [5.41, 5.74) is 2.11. The third kappa shape index (κ3) is 4.30. The van der Waals surface area contributed by atoms with Gasteiger partial charge in [0.05, 0.1) is 0 Å². The number of halogens is 4. The first-order valence-corrected chi connectivity index (χ1v) is 7.97. The predicted octanol–water partition coefficient (Wildman–Crippen LogP) is 5.92. The van der Waals surface area contributed by atoms with Gasteiger partial charge in [0.1, 0.15) is 5.82 Å². The van der Waals surface area contributed by atoms with Gasteiger partial charge in [0.15, 0.2) is 0 Å². The van der Waals surface area contributed by atoms with Crippen LogP contribution in [-0.2, 0) is 6.42 Å². The highest BCUT2D eigenvalue weighted by Crippen LogP contribution is 2.26. The molecule has 19 heavy (non-hydrogen) atoms. The molecule has 1 atom stereocenters. The molecule has 1 unspecified atom stereocenters. The first-order valence-electron chi connectivity index (χ1n) is 5.85. The molecule has 0 aliphatic rings. The molecule has 0 aliphatic carbocycles. The lowest BCUT2D eigenvalue weighted by molar-refractivity contribution is 0.622. The van der Waals surface area contributed by atoms with E-state index in [4.69, 9.17) is 11.6 Å². The second kappa shape index (κ2) is 6.87. The van der Waals surface area contributed by atoms with Crippen molar-refractivity contribution in [2.75, 3.05) is 5.88 Å². The van der Waals surface area contributed by atoms with Gasteiger partial charge in [0.25, 0.3) is 0 Å². The van der Waals surface area contributed by atoms with E-state index in [1.54, 1.807) is 6.07 Å². The third-order valence-corrected chi connectivity index (χ3v) is 4.29. The van der Waals surface area contributed by atoms with Crippen LogP contribution in [0.3, 0.4) is 0 Å². The molecule has 0 aromatic heterocycles. The van der Waals surface area contributed by atoms with Crippen LogP contribution < -0.4 is 0 Å². The number of rotatable bonds is 4. The lowest BCUT2D eigenvalue weighted by atomic mass is 9.93. The van der Waals surface area contributed by atoms with Gasteiger partial charge in [-0.3, -0.25) is 0 Å². The van der Waals surface area contributed by atoms with E-state index >= 15 is 0 Å². The van der Waals surface area contributed by atoms with Crippen molar-refractivity contribution in [3.05, 3.63) is 68.4 Å². The highest BCUT2D eigenvalue weighted by Gasteiger charge is 2.12. The number of alkyl halides is 1. The lowest BCUT2D eigenvalue weighted by Crippen LogP contribution is -2.05. The Bertz CT molecular complexity index is 534. The maximum absolute atomic E-state index is 13.4. The van der Waals surface area contributed by atoms with Gasteiger partial charge in [-0.1, -0.05) is 44.0 Å². The van der Waals surface area contributed by atoms with Crippen molar-refractivity contribution >= 4 is 43.5 Å². The zero-order valence-corrected chi connectivity index (χ0v) is 14.0. The van der Waals surface area contributed by atoms with E-state index in [1.165, 1.54) is 11.6 Å². The van der Waals surface area contributed by atoms with Gasteiger partial charge in [-0.15, -0.1) is 11.6 Å². The van der Waals surface area contributed by atoms with Gasteiger partial charge in [0.2, 0.25) is 0 Å². The van der Waals surface area contributed by atoms with Crippen molar-refractivity contribution in [1.82, 2.24) is 0 Å². The maximum Gasteiger partial charge on any atom is 0.124 e. The van der Waals surface area contributed by atoms with Crippen LogP contribution in [0.25, 0.3) is 0 Å². The van der Waals surface area contributed by atoms with Crippen LogP contribution in [0.1, 0.15) is 17.0 Å². The van der Waals surface area contributed by atoms with E-state index in [0.29, 0.717) is 5.88 Å². The molecule has 0 aliphatic heterocycles. The van der Waals surface area contributed by atoms with Crippen molar-refractivity contribution in [1.29, 1.82) is 0 Å². The Morgan fingerprint density at radius 2 is 1.68 bits per heavy atom. The molecule has 0 N–H and O–H groups in total. The minimum absolute atomic E-state index is 0.184. The van der Waals surface area contributed by atoms with Crippen molar-refractivity contribution < 1.29 is 4.39 Å². The van der Waals surface area contributed by atoms with Gasteiger partial charge >= 0.3 is 0 Å². The fraction of sp³-hybridized carbons (Fsp3) is 0.200. The summed E-state index contributed by atoms with van der Waals surface area (Å²) in [6.07, 6.45) is 0.724. The Balaban J connectivity index is 2.21. The van der Waals surface area contributed by atoms with E-state index in [2.05, 4.69) is 31.9 Å². The van der Waals surface area contributed by atoms with Crippen LogP contribution in [0.4, 0.5) is 4.39 Å². The summed E-state index contributed by atoms with van der Waals surface area (Å²) < 4.78 is 15.2. The van der Waals surface area contributed by atoms with Gasteiger partial charge < -0.3 is 0 Å². The van der Waals surface area contributed by atoms with E-state index in [-0.39, 0.29) is 11.7 Å². The molecule has 100 valence electrons. The monoisotopic (exact) mass is 404 g/mol. The van der Waals surface area contributed by atoms with Crippen LogP contribution in [-0.4, -0.2) is 5.88 Å². The molecule has 0 heterocycles. The lowest BCUT2D eigenvalue weighted by Gasteiger charge is -2.15. The van der Waals surface area contributed by atoms with Crippen LogP contribution in [0.2, 0.25) is 0 Å². The fourth-order valence-electron chi connectivity index (χ4n) is 2.01. The maximum atomic E-state index is 13.4. The summed E-state index contributed by atoms with van der Waals surface area (Å²) in [7, 11) is 0. The third-order valence-electron chi connectivity index (χ3n) is 2.93. The average molecular weight is 407 g/mol. The SMILES string of the molecule is Fc1cc(Br)cc(CC(CCl)c2ccc(Br)cc2)c1. The highest BCUT2D eigenvalue weighted by molar-refractivity contribution is 9.10. The Morgan fingerprint density at radius 3 is 2.26 bits per heavy atom. The summed E-state index contributed by atoms with van der Waals surface area (Å²) in [5, 5.41) is 0. The molecule has 0 spiro atoms. The molecule has 0 bridgehead atoms. The second-order valence-corrected chi connectivity index (χ2v) is 6.52. The Hall–Kier alpha value is -0.380. The first kappa shape index (κ1) is 15.0. The van der Waals surface area contributed by atoms with Crippen molar-refractivity contribution in [2.24, 2.45) is 0 Å². The molecular formula is C15H12Br2ClF. The molecule has 4 heteroatoms. The van der Waals surface area contributed by atoms with E-state index < -0.39 is 0 Å². The van der Waals surface area contributed by atoms with Crippen molar-refractivity contribution in [2.45, 2.75) is 12.3 Å². The largest absolute Gasteiger partial charge is 0.207 e. The van der Waals surface area contributed by atoms with Crippen LogP contribution in [0.15, 0.2) is 51.4 Å². The van der Waals surface area contributed by atoms with E-state index in [0.717, 1.165) is 20.9 Å². The smallest absolute Gasteiger partial charge is 0.124 e. The topological polar surface area (TPSA) is 0 Å². The summed E-state index contributed by atoms with van der Waals surface area (Å²) in [5.74, 6) is 0.465. The van der Waals surface area contributed by atoms with Crippen LogP contribution >= 0.6 is 43.5 Å². The average Bonchev–Trinajstić information content (AvgIpc) is 2.36. The molecule has 0 nitrogen and oxygen atoms in total. The Kier molecular flexibility index (Phi) is 5.43. The molecule has 2 rings (SSSR count). The van der Waals surface area contributed by atoms with Crippen molar-refractivity contribution in [3.8, 4) is 0 Å². The summed E-state index contributed by atoms with van der Waals surface area (Å²) in [6, 6.07) is 13.0. The van der Waals surface area contributed by atoms with Gasteiger partial charge in [0, 0.05) is 20.7 Å². The number of hydrogen-bond donors (Lipinski definition) is 0. The molecule has 0 fully saturated rings. The van der Waals surface area contributed by atoms with Crippen LogP contribution in [0, 0.1) is 5.82 Å². The molecule has 0 radical (unpaired) electrons. The molecule has 0 saturated heterocycles. The molecule has 0 amide bonds. The minimum Gasteiger partial charge on any atom is -0.207 e. The molecular weight excluding hydrogens is 394 g/mol. The van der Waals surface area contributed by atoms with E-state index in [1.807, 2.05) is 30.3 Å². The Labute approximate surface area is 134 Å². The standard InChI is InChI=1S/C15H12Br2ClF/c16-13-3-1-11(2-4-13)12(9-18)5-10-6-14(17)8-15(19)7-10/h1-4,6-8,12H,5,9H2. The number of hydrogen-bond acceptors (Lipinski definition) is 0. The fourth-order valence-corrected chi connectivity index (χ4v) is 3.07. The summed E-state index contributed by atoms with van der Waals surface area (Å²) in [6.45, 7) is 0. The molecule has 2 aromatic carbocycles. The quantitative estimate of drug-likeness (QED) is 0.553. The summed E-state index contributed by atoms with van der Waals surface area (Å²) >= 11 is 12.8. The normalized spacial score (nSPS) is 12.4. The molecule has 0 saturated carbocycles. The predicted molar refractivity (Wildman–Crippen MR) is 85.4 cm³/mol. The van der Waals surface area contributed by atoms with Crippen molar-refractivity contribution in [3.63, 3.8) is 0 Å². The summed E-state index contributed by atoms with van der Waals surface area (Å²) in [4.78, 5) is 0. The minimum atomic E-state index is -0.228. The highest BCUT2D eigenvalue weighted by atomic mass is 79.9. The van der Waals surface area contributed by atoms with Crippen LogP contribution in [0.5, 0.6) is 0 Å². The Morgan fingerprint density at radius 1 is 1.00 bits per heavy atom. The van der Waals surface area contributed by atoms with Gasteiger partial charge in [-0.05, 0) is 47.9 Å². The van der Waals surface area contributed by atoms with Gasteiger partial charge in [-0.25, -0.2) is 4.39 Å². The zero-order valence-electron chi connectivity index (χ0n) is 10.0. The number of benzene rings is 2. The molecule has 2 aromatic rings. The zero-order chi connectivity index (χ0) is 13.8. The van der Waals surface area contributed by atoms with Gasteiger partial charge in [-0.2, -0.15) is 0 Å².